The molecule has 2 fully saturated rings. The van der Waals surface area contributed by atoms with E-state index in [9.17, 15) is 18.0 Å². The van der Waals surface area contributed by atoms with Crippen molar-refractivity contribution in [3.05, 3.63) is 35.9 Å². The van der Waals surface area contributed by atoms with E-state index in [4.69, 9.17) is 4.74 Å². The number of nitrogens with one attached hydrogen (secondary N) is 1. The highest BCUT2D eigenvalue weighted by molar-refractivity contribution is 5.82. The van der Waals surface area contributed by atoms with E-state index in [1.807, 2.05) is 30.3 Å². The predicted molar refractivity (Wildman–Crippen MR) is 73.0 cm³/mol. The Morgan fingerprint density at radius 2 is 2.00 bits per heavy atom. The van der Waals surface area contributed by atoms with Crippen molar-refractivity contribution in [2.75, 3.05) is 26.3 Å². The normalized spacial score (nSPS) is 24.2. The van der Waals surface area contributed by atoms with Gasteiger partial charge in [-0.1, -0.05) is 30.3 Å². The fourth-order valence-corrected chi connectivity index (χ4v) is 3.13. The third kappa shape index (κ3) is 2.96. The van der Waals surface area contributed by atoms with Gasteiger partial charge in [0.2, 0.25) is 0 Å². The summed E-state index contributed by atoms with van der Waals surface area (Å²) >= 11 is 0. The third-order valence-electron chi connectivity index (χ3n) is 4.31. The lowest BCUT2D eigenvalue weighted by molar-refractivity contribution is -0.178. The van der Waals surface area contributed by atoms with E-state index in [0.29, 0.717) is 32.8 Å². The number of carbonyl (C=O) groups excluding carboxylic acids is 1. The number of alkyl halides is 3. The molecule has 1 aromatic rings. The van der Waals surface area contributed by atoms with E-state index in [2.05, 4.69) is 10.2 Å². The van der Waals surface area contributed by atoms with Gasteiger partial charge in [-0.25, -0.2) is 0 Å². The zero-order valence-corrected chi connectivity index (χ0v) is 11.9. The van der Waals surface area contributed by atoms with Gasteiger partial charge in [0.05, 0.1) is 24.7 Å². The summed E-state index contributed by atoms with van der Waals surface area (Å²) in [5, 5.41) is 2.14. The van der Waals surface area contributed by atoms with Gasteiger partial charge in [0.25, 0.3) is 0 Å². The molecule has 1 amide bonds. The van der Waals surface area contributed by atoms with Gasteiger partial charge in [-0.05, 0) is 5.56 Å². The molecule has 2 aliphatic rings. The summed E-state index contributed by atoms with van der Waals surface area (Å²) in [6.07, 6.45) is -4.85. The van der Waals surface area contributed by atoms with Crippen LogP contribution in [0.3, 0.4) is 0 Å². The van der Waals surface area contributed by atoms with Crippen LogP contribution in [0, 0.1) is 5.41 Å². The highest BCUT2D eigenvalue weighted by Crippen LogP contribution is 2.38. The van der Waals surface area contributed by atoms with Crippen LogP contribution in [0.5, 0.6) is 0 Å². The summed E-state index contributed by atoms with van der Waals surface area (Å²) in [5.41, 5.74) is 0.705. The maximum atomic E-state index is 12.5. The number of nitrogens with zero attached hydrogens (tertiary/aromatic N) is 1. The smallest absolute Gasteiger partial charge is 0.380 e. The molecular weight excluding hydrogens is 297 g/mol. The Bertz CT molecular complexity index is 543. The summed E-state index contributed by atoms with van der Waals surface area (Å²) in [4.78, 5) is 13.3. The largest absolute Gasteiger partial charge is 0.471 e. The molecule has 0 aliphatic carbocycles. The van der Waals surface area contributed by atoms with Crippen LogP contribution in [0.25, 0.3) is 0 Å². The quantitative estimate of drug-likeness (QED) is 0.921. The topological polar surface area (TPSA) is 41.6 Å². The van der Waals surface area contributed by atoms with Crippen LogP contribution >= 0.6 is 0 Å². The van der Waals surface area contributed by atoms with Crippen molar-refractivity contribution < 1.29 is 22.7 Å². The summed E-state index contributed by atoms with van der Waals surface area (Å²) in [7, 11) is 0. The number of halogens is 3. The number of benzene rings is 1. The van der Waals surface area contributed by atoms with E-state index in [1.165, 1.54) is 0 Å². The second kappa shape index (κ2) is 5.55. The highest BCUT2D eigenvalue weighted by atomic mass is 19.4. The van der Waals surface area contributed by atoms with Gasteiger partial charge in [0.15, 0.2) is 0 Å². The maximum absolute atomic E-state index is 12.5. The molecule has 2 saturated heterocycles. The molecule has 0 radical (unpaired) electrons. The SMILES string of the molecule is O=C(NC1CN(Cc2ccccc2)CC12COC2)C(F)(F)F. The van der Waals surface area contributed by atoms with Crippen molar-refractivity contribution in [1.29, 1.82) is 0 Å². The summed E-state index contributed by atoms with van der Waals surface area (Å²) in [6.45, 7) is 2.47. The van der Waals surface area contributed by atoms with E-state index < -0.39 is 23.5 Å². The second-order valence-electron chi connectivity index (χ2n) is 6.03. The Balaban J connectivity index is 1.67. The van der Waals surface area contributed by atoms with Gasteiger partial charge in [-0.2, -0.15) is 13.2 Å². The first-order chi connectivity index (χ1) is 10.4. The van der Waals surface area contributed by atoms with Crippen molar-refractivity contribution in [2.45, 2.75) is 18.8 Å². The maximum Gasteiger partial charge on any atom is 0.471 e. The number of ether oxygens (including phenoxy) is 1. The van der Waals surface area contributed by atoms with Crippen LogP contribution in [-0.4, -0.2) is 49.3 Å². The van der Waals surface area contributed by atoms with Gasteiger partial charge in [0.1, 0.15) is 0 Å². The molecule has 3 rings (SSSR count). The number of rotatable bonds is 3. The first-order valence-electron chi connectivity index (χ1n) is 7.11. The molecule has 2 aliphatic heterocycles. The lowest BCUT2D eigenvalue weighted by Gasteiger charge is -2.42. The predicted octanol–water partition coefficient (Wildman–Crippen LogP) is 1.57. The fraction of sp³-hybridized carbons (Fsp3) is 0.533. The lowest BCUT2D eigenvalue weighted by atomic mass is 9.81. The molecule has 1 spiro atoms. The minimum Gasteiger partial charge on any atom is -0.380 e. The molecule has 0 bridgehead atoms. The van der Waals surface area contributed by atoms with Gasteiger partial charge < -0.3 is 10.1 Å². The van der Waals surface area contributed by atoms with Crippen LogP contribution < -0.4 is 5.32 Å². The first-order valence-corrected chi connectivity index (χ1v) is 7.11. The van der Waals surface area contributed by atoms with Crippen molar-refractivity contribution in [3.63, 3.8) is 0 Å². The molecule has 1 N–H and O–H groups in total. The van der Waals surface area contributed by atoms with Crippen LogP contribution in [0.2, 0.25) is 0 Å². The van der Waals surface area contributed by atoms with Gasteiger partial charge >= 0.3 is 12.1 Å². The number of hydrogen-bond acceptors (Lipinski definition) is 3. The van der Waals surface area contributed by atoms with E-state index >= 15 is 0 Å². The molecule has 4 nitrogen and oxygen atoms in total. The second-order valence-corrected chi connectivity index (χ2v) is 6.03. The van der Waals surface area contributed by atoms with Gasteiger partial charge in [-0.15, -0.1) is 0 Å². The minimum atomic E-state index is -4.85. The minimum absolute atomic E-state index is 0.390. The van der Waals surface area contributed by atoms with Crippen LogP contribution in [0.4, 0.5) is 13.2 Å². The van der Waals surface area contributed by atoms with Gasteiger partial charge in [0, 0.05) is 19.6 Å². The van der Waals surface area contributed by atoms with Crippen molar-refractivity contribution in [2.24, 2.45) is 5.41 Å². The summed E-state index contributed by atoms with van der Waals surface area (Å²) in [5.74, 6) is -1.87. The van der Waals surface area contributed by atoms with Crippen LogP contribution in [0.15, 0.2) is 30.3 Å². The number of carbonyl (C=O) groups is 1. The highest BCUT2D eigenvalue weighted by Gasteiger charge is 2.54. The van der Waals surface area contributed by atoms with E-state index in [-0.39, 0.29) is 0 Å². The Labute approximate surface area is 126 Å². The summed E-state index contributed by atoms with van der Waals surface area (Å²) < 4.78 is 42.6. The molecule has 1 atom stereocenters. The Kier molecular flexibility index (Phi) is 3.86. The molecule has 120 valence electrons. The molecule has 1 unspecified atom stereocenters. The fourth-order valence-electron chi connectivity index (χ4n) is 3.13. The number of amides is 1. The Hall–Kier alpha value is -1.60. The average molecular weight is 314 g/mol. The standard InChI is InChI=1S/C15H17F3N2O2/c16-15(17,18)13(21)19-12-7-20(8-14(12)9-22-10-14)6-11-4-2-1-3-5-11/h1-5,12H,6-10H2,(H,19,21). The van der Waals surface area contributed by atoms with E-state index in [0.717, 1.165) is 5.56 Å². The Morgan fingerprint density at radius 3 is 2.55 bits per heavy atom. The van der Waals surface area contributed by atoms with Crippen LogP contribution in [0.1, 0.15) is 5.56 Å². The van der Waals surface area contributed by atoms with Crippen molar-refractivity contribution >= 4 is 5.91 Å². The molecular formula is C15H17F3N2O2. The average Bonchev–Trinajstić information content (AvgIpc) is 2.77. The van der Waals surface area contributed by atoms with E-state index in [1.54, 1.807) is 0 Å². The molecule has 0 aromatic heterocycles. The molecule has 1 aromatic carbocycles. The summed E-state index contributed by atoms with van der Waals surface area (Å²) in [6, 6.07) is 9.20. The number of likely N-dealkylation sites (tertiary alicyclic amines) is 1. The zero-order valence-electron chi connectivity index (χ0n) is 11.9. The molecule has 2 heterocycles. The Morgan fingerprint density at radius 1 is 1.32 bits per heavy atom. The zero-order chi connectivity index (χ0) is 15.8. The molecule has 0 saturated carbocycles. The molecule has 7 heteroatoms. The van der Waals surface area contributed by atoms with Crippen molar-refractivity contribution in [1.82, 2.24) is 10.2 Å². The third-order valence-corrected chi connectivity index (χ3v) is 4.31. The monoisotopic (exact) mass is 314 g/mol. The van der Waals surface area contributed by atoms with Crippen molar-refractivity contribution in [3.8, 4) is 0 Å². The first kappa shape index (κ1) is 15.3. The van der Waals surface area contributed by atoms with Crippen LogP contribution in [-0.2, 0) is 16.1 Å². The van der Waals surface area contributed by atoms with Gasteiger partial charge in [-0.3, -0.25) is 9.69 Å². The molecule has 22 heavy (non-hydrogen) atoms. The lowest BCUT2D eigenvalue weighted by Crippen LogP contribution is -2.59. The number of hydrogen-bond donors (Lipinski definition) is 1.